The zero-order chi connectivity index (χ0) is 15.4. The van der Waals surface area contributed by atoms with Gasteiger partial charge in [0.25, 0.3) is 0 Å². The fraction of sp³-hybridized carbons (Fsp3) is 0.667. The third-order valence-corrected chi connectivity index (χ3v) is 5.16. The molecule has 0 amide bonds. The van der Waals surface area contributed by atoms with Crippen LogP contribution in [0.15, 0.2) is 0 Å². The second kappa shape index (κ2) is 7.02. The number of aromatic nitrogens is 1. The summed E-state index contributed by atoms with van der Waals surface area (Å²) in [7, 11) is 1.30. The Labute approximate surface area is 129 Å². The summed E-state index contributed by atoms with van der Waals surface area (Å²) in [6, 6.07) is 0.379. The monoisotopic (exact) mass is 310 g/mol. The molecule has 1 N–H and O–H groups in total. The van der Waals surface area contributed by atoms with Gasteiger partial charge < -0.3 is 10.1 Å². The quantitative estimate of drug-likeness (QED) is 0.666. The van der Waals surface area contributed by atoms with Crippen molar-refractivity contribution < 1.29 is 14.3 Å². The molecule has 1 aliphatic rings. The molecular weight excluding hydrogens is 288 g/mol. The predicted octanol–water partition coefficient (Wildman–Crippen LogP) is 3.51. The minimum atomic E-state index is -0.556. The molecule has 1 aliphatic carbocycles. The van der Waals surface area contributed by atoms with Crippen molar-refractivity contribution in [3.05, 3.63) is 10.6 Å². The first-order chi connectivity index (χ1) is 10.0. The Bertz CT molecular complexity index is 519. The van der Waals surface area contributed by atoms with Crippen molar-refractivity contribution in [2.75, 3.05) is 12.4 Å². The van der Waals surface area contributed by atoms with E-state index in [1.54, 1.807) is 0 Å². The van der Waals surface area contributed by atoms with Gasteiger partial charge in [0.05, 0.1) is 7.11 Å². The summed E-state index contributed by atoms with van der Waals surface area (Å²) in [6.45, 7) is 3.68. The molecule has 1 aromatic rings. The maximum absolute atomic E-state index is 11.7. The maximum atomic E-state index is 11.7. The van der Waals surface area contributed by atoms with E-state index < -0.39 is 5.97 Å². The van der Waals surface area contributed by atoms with Crippen LogP contribution in [-0.4, -0.2) is 29.9 Å². The molecule has 0 atom stereocenters. The van der Waals surface area contributed by atoms with E-state index >= 15 is 0 Å². The number of methoxy groups -OCH3 is 1. The van der Waals surface area contributed by atoms with E-state index in [1.165, 1.54) is 44.6 Å². The van der Waals surface area contributed by atoms with Gasteiger partial charge >= 0.3 is 5.97 Å². The molecule has 0 radical (unpaired) electrons. The number of hydrogen-bond donors (Lipinski definition) is 1. The van der Waals surface area contributed by atoms with Gasteiger partial charge in [0, 0.05) is 13.0 Å². The van der Waals surface area contributed by atoms with Crippen molar-refractivity contribution in [2.24, 2.45) is 5.92 Å². The van der Waals surface area contributed by atoms with Crippen LogP contribution in [0.2, 0.25) is 0 Å². The first-order valence-corrected chi connectivity index (χ1v) is 8.23. The summed E-state index contributed by atoms with van der Waals surface area (Å²) in [5.41, 5.74) is 0.125. The molecule has 6 heteroatoms. The average molecular weight is 310 g/mol. The minimum absolute atomic E-state index is 0.125. The molecule has 1 aromatic heterocycles. The molecule has 1 fully saturated rings. The van der Waals surface area contributed by atoms with Crippen LogP contribution < -0.4 is 5.32 Å². The minimum Gasteiger partial charge on any atom is -0.464 e. The predicted molar refractivity (Wildman–Crippen MR) is 83.1 cm³/mol. The molecule has 0 aromatic carbocycles. The lowest BCUT2D eigenvalue weighted by atomic mass is 9.85. The zero-order valence-electron chi connectivity index (χ0n) is 12.8. The molecule has 0 unspecified atom stereocenters. The third kappa shape index (κ3) is 3.81. The number of carbonyl (C=O) groups excluding carboxylic acids is 2. The molecule has 0 saturated heterocycles. The Kier molecular flexibility index (Phi) is 5.33. The number of nitrogens with zero attached hydrogens (tertiary/aromatic N) is 1. The number of thiazole rings is 1. The van der Waals surface area contributed by atoms with E-state index in [9.17, 15) is 9.59 Å². The second-order valence-corrected chi connectivity index (χ2v) is 6.51. The maximum Gasteiger partial charge on any atom is 0.358 e. The van der Waals surface area contributed by atoms with E-state index in [0.29, 0.717) is 16.1 Å². The highest BCUT2D eigenvalue weighted by atomic mass is 32.1. The lowest BCUT2D eigenvalue weighted by Gasteiger charge is -2.28. The molecule has 0 bridgehead atoms. The van der Waals surface area contributed by atoms with Gasteiger partial charge in [0.1, 0.15) is 4.88 Å². The topological polar surface area (TPSA) is 68.3 Å². The summed E-state index contributed by atoms with van der Waals surface area (Å²) >= 11 is 1.24. The number of nitrogens with one attached hydrogen (secondary N) is 1. The Balaban J connectivity index is 2.07. The van der Waals surface area contributed by atoms with E-state index in [4.69, 9.17) is 0 Å². The molecule has 2 rings (SSSR count). The molecular formula is C15H22N2O3S. The number of anilines is 1. The van der Waals surface area contributed by atoms with Crippen LogP contribution in [0.1, 0.15) is 66.1 Å². The molecule has 1 heterocycles. The normalized spacial score (nSPS) is 21.9. The Hall–Kier alpha value is -1.43. The lowest BCUT2D eigenvalue weighted by Crippen LogP contribution is -2.25. The fourth-order valence-corrected chi connectivity index (χ4v) is 3.67. The largest absolute Gasteiger partial charge is 0.464 e. The van der Waals surface area contributed by atoms with Crippen LogP contribution in [0.4, 0.5) is 5.13 Å². The number of ether oxygens (including phenoxy) is 1. The van der Waals surface area contributed by atoms with E-state index in [0.717, 1.165) is 18.8 Å². The standard InChI is InChI=1S/C15H22N2O3S/c1-4-10-5-7-11(8-6-10)16-15-17-12(14(19)20-3)13(21-15)9(2)18/h10-11H,4-8H2,1-3H3,(H,16,17). The molecule has 0 aliphatic heterocycles. The summed E-state index contributed by atoms with van der Waals surface area (Å²) in [5, 5.41) is 4.01. The van der Waals surface area contributed by atoms with E-state index in [-0.39, 0.29) is 11.5 Å². The first kappa shape index (κ1) is 15.9. The number of rotatable bonds is 5. The molecule has 5 nitrogen and oxygen atoms in total. The van der Waals surface area contributed by atoms with Crippen molar-refractivity contribution in [3.8, 4) is 0 Å². The Morgan fingerprint density at radius 2 is 2.00 bits per heavy atom. The van der Waals surface area contributed by atoms with Crippen molar-refractivity contribution in [2.45, 2.75) is 52.0 Å². The van der Waals surface area contributed by atoms with Gasteiger partial charge in [-0.1, -0.05) is 24.7 Å². The number of hydrogen-bond acceptors (Lipinski definition) is 6. The summed E-state index contributed by atoms with van der Waals surface area (Å²) < 4.78 is 4.68. The number of Topliss-reactive ketones (excluding diaryl/α,β-unsaturated/α-hetero) is 1. The van der Waals surface area contributed by atoms with Gasteiger partial charge in [-0.3, -0.25) is 4.79 Å². The second-order valence-electron chi connectivity index (χ2n) is 5.51. The highest BCUT2D eigenvalue weighted by Crippen LogP contribution is 2.31. The summed E-state index contributed by atoms with van der Waals surface area (Å²) in [4.78, 5) is 27.9. The Morgan fingerprint density at radius 1 is 1.33 bits per heavy atom. The van der Waals surface area contributed by atoms with Crippen LogP contribution in [0.25, 0.3) is 0 Å². The summed E-state index contributed by atoms with van der Waals surface area (Å²) in [6.07, 6.45) is 5.92. The highest BCUT2D eigenvalue weighted by Gasteiger charge is 2.24. The number of carbonyl (C=O) groups is 2. The van der Waals surface area contributed by atoms with Gasteiger partial charge in [0.15, 0.2) is 16.6 Å². The van der Waals surface area contributed by atoms with Gasteiger partial charge in [-0.15, -0.1) is 0 Å². The molecule has 21 heavy (non-hydrogen) atoms. The third-order valence-electron chi connectivity index (χ3n) is 4.08. The molecule has 116 valence electrons. The molecule has 1 saturated carbocycles. The van der Waals surface area contributed by atoms with Crippen molar-refractivity contribution in [3.63, 3.8) is 0 Å². The summed E-state index contributed by atoms with van der Waals surface area (Å²) in [5.74, 6) is 0.118. The van der Waals surface area contributed by atoms with Gasteiger partial charge in [-0.25, -0.2) is 9.78 Å². The smallest absolute Gasteiger partial charge is 0.358 e. The lowest BCUT2D eigenvalue weighted by molar-refractivity contribution is 0.0591. The number of esters is 1. The van der Waals surface area contributed by atoms with Crippen molar-refractivity contribution >= 4 is 28.2 Å². The highest BCUT2D eigenvalue weighted by molar-refractivity contribution is 7.17. The van der Waals surface area contributed by atoms with Gasteiger partial charge in [0.2, 0.25) is 0 Å². The molecule has 0 spiro atoms. The van der Waals surface area contributed by atoms with E-state index in [2.05, 4.69) is 22.0 Å². The van der Waals surface area contributed by atoms with Gasteiger partial charge in [-0.2, -0.15) is 0 Å². The van der Waals surface area contributed by atoms with Crippen LogP contribution in [-0.2, 0) is 4.74 Å². The van der Waals surface area contributed by atoms with Crippen LogP contribution in [0.3, 0.4) is 0 Å². The zero-order valence-corrected chi connectivity index (χ0v) is 13.6. The SMILES string of the molecule is CCC1CCC(Nc2nc(C(=O)OC)c(C(C)=O)s2)CC1. The van der Waals surface area contributed by atoms with Crippen LogP contribution in [0, 0.1) is 5.92 Å². The van der Waals surface area contributed by atoms with Crippen molar-refractivity contribution in [1.29, 1.82) is 0 Å². The van der Waals surface area contributed by atoms with Crippen LogP contribution >= 0.6 is 11.3 Å². The Morgan fingerprint density at radius 3 is 2.52 bits per heavy atom. The van der Waals surface area contributed by atoms with Crippen LogP contribution in [0.5, 0.6) is 0 Å². The average Bonchev–Trinajstić information content (AvgIpc) is 2.91. The van der Waals surface area contributed by atoms with Gasteiger partial charge in [-0.05, 0) is 31.6 Å². The van der Waals surface area contributed by atoms with E-state index in [1.807, 2.05) is 0 Å². The fourth-order valence-electron chi connectivity index (χ4n) is 2.75. The number of ketones is 1. The van der Waals surface area contributed by atoms with Crippen molar-refractivity contribution in [1.82, 2.24) is 4.98 Å². The first-order valence-electron chi connectivity index (χ1n) is 7.41.